The normalized spacial score (nSPS) is 45.0. The zero-order valence-electron chi connectivity index (χ0n) is 16.9. The Kier molecular flexibility index (Phi) is 7.46. The monoisotopic (exact) mass is 423 g/mol. The van der Waals surface area contributed by atoms with Gasteiger partial charge in [0.25, 0.3) is 0 Å². The highest BCUT2D eigenvalue weighted by molar-refractivity contribution is 7.83. The van der Waals surface area contributed by atoms with Gasteiger partial charge in [-0.15, -0.1) is 0 Å². The highest BCUT2D eigenvalue weighted by Crippen LogP contribution is 2.36. The Balaban J connectivity index is 2.20. The van der Waals surface area contributed by atoms with Crippen LogP contribution >= 0.6 is 0 Å². The number of nitrogens with one attached hydrogen (secondary N) is 1. The van der Waals surface area contributed by atoms with Crippen LogP contribution in [0.5, 0.6) is 0 Å². The lowest BCUT2D eigenvalue weighted by atomic mass is 9.83. The molecule has 0 bridgehead atoms. The SMILES string of the molecule is COC1C(C(=O)[O-])OC(OC2C(C)OC(C)C(NS(=O)(=O)[O-])C2C)C(C)C1C. The van der Waals surface area contributed by atoms with Crippen LogP contribution in [0.1, 0.15) is 34.6 Å². The van der Waals surface area contributed by atoms with Crippen LogP contribution in [0.3, 0.4) is 0 Å². The van der Waals surface area contributed by atoms with Gasteiger partial charge >= 0.3 is 0 Å². The highest BCUT2D eigenvalue weighted by atomic mass is 32.2. The van der Waals surface area contributed by atoms with Gasteiger partial charge < -0.3 is 33.4 Å². The van der Waals surface area contributed by atoms with Crippen molar-refractivity contribution in [3.05, 3.63) is 0 Å². The Bertz CT molecular complexity index is 657. The van der Waals surface area contributed by atoms with E-state index in [0.29, 0.717) is 0 Å². The van der Waals surface area contributed by atoms with Crippen LogP contribution in [0.2, 0.25) is 0 Å². The molecule has 0 amide bonds. The first-order valence-corrected chi connectivity index (χ1v) is 10.7. The van der Waals surface area contributed by atoms with Crippen molar-refractivity contribution in [2.24, 2.45) is 17.8 Å². The minimum absolute atomic E-state index is 0.198. The van der Waals surface area contributed by atoms with Gasteiger partial charge in [-0.3, -0.25) is 0 Å². The van der Waals surface area contributed by atoms with Crippen LogP contribution in [0.25, 0.3) is 0 Å². The van der Waals surface area contributed by atoms with E-state index in [2.05, 4.69) is 4.72 Å². The van der Waals surface area contributed by atoms with Gasteiger partial charge in [0.15, 0.2) is 16.6 Å². The number of rotatable bonds is 6. The fraction of sp³-hybridized carbons (Fsp3) is 0.941. The second kappa shape index (κ2) is 8.90. The third-order valence-corrected chi connectivity index (χ3v) is 6.48. The third kappa shape index (κ3) is 5.02. The maximum absolute atomic E-state index is 11.5. The van der Waals surface area contributed by atoms with Gasteiger partial charge in [0.1, 0.15) is 6.10 Å². The zero-order valence-corrected chi connectivity index (χ0v) is 17.7. The predicted octanol–water partition coefficient (Wildman–Crippen LogP) is -1.00. The third-order valence-electron chi connectivity index (χ3n) is 5.91. The van der Waals surface area contributed by atoms with Gasteiger partial charge in [-0.25, -0.2) is 13.1 Å². The number of carbonyl (C=O) groups is 1. The number of hydrogen-bond acceptors (Lipinski definition) is 9. The van der Waals surface area contributed by atoms with Gasteiger partial charge in [0.05, 0.1) is 36.4 Å². The van der Waals surface area contributed by atoms with Gasteiger partial charge in [-0.2, -0.15) is 0 Å². The molecule has 1 N–H and O–H groups in total. The first-order valence-electron chi connectivity index (χ1n) is 9.30. The number of methoxy groups -OCH3 is 1. The summed E-state index contributed by atoms with van der Waals surface area (Å²) in [7, 11) is -3.27. The van der Waals surface area contributed by atoms with E-state index in [9.17, 15) is 22.9 Å². The van der Waals surface area contributed by atoms with Crippen molar-refractivity contribution in [2.45, 2.75) is 77.5 Å². The first kappa shape index (κ1) is 23.5. The lowest BCUT2D eigenvalue weighted by Gasteiger charge is -2.49. The number of hydrogen-bond donors (Lipinski definition) is 1. The van der Waals surface area contributed by atoms with E-state index >= 15 is 0 Å². The molecule has 2 aliphatic heterocycles. The van der Waals surface area contributed by atoms with E-state index in [1.807, 2.05) is 13.8 Å². The minimum atomic E-state index is -4.68. The van der Waals surface area contributed by atoms with Crippen LogP contribution in [-0.2, 0) is 34.0 Å². The molecular formula is C17H29NO9S-2. The predicted molar refractivity (Wildman–Crippen MR) is 93.5 cm³/mol. The molecule has 0 aromatic rings. The second-order valence-electron chi connectivity index (χ2n) is 7.77. The molecule has 2 heterocycles. The summed E-state index contributed by atoms with van der Waals surface area (Å²) in [5.41, 5.74) is 0. The smallest absolute Gasteiger partial charge is 0.161 e. The largest absolute Gasteiger partial charge is 0.735 e. The molecule has 0 saturated carbocycles. The molecule has 10 unspecified atom stereocenters. The molecule has 2 saturated heterocycles. The van der Waals surface area contributed by atoms with Crippen LogP contribution in [0.4, 0.5) is 0 Å². The number of aliphatic carboxylic acids is 1. The fourth-order valence-electron chi connectivity index (χ4n) is 4.17. The molecule has 2 fully saturated rings. The van der Waals surface area contributed by atoms with Crippen LogP contribution in [-0.4, -0.2) is 68.9 Å². The maximum Gasteiger partial charge on any atom is 0.161 e. The average molecular weight is 423 g/mol. The molecule has 2 rings (SSSR count). The number of carbonyl (C=O) groups excluding carboxylic acids is 1. The van der Waals surface area contributed by atoms with Gasteiger partial charge in [-0.1, -0.05) is 20.8 Å². The summed E-state index contributed by atoms with van der Waals surface area (Å²) in [5, 5.41) is 11.5. The summed E-state index contributed by atoms with van der Waals surface area (Å²) < 4.78 is 58.3. The summed E-state index contributed by atoms with van der Waals surface area (Å²) in [4.78, 5) is 11.5. The Hall–Kier alpha value is -0.820. The van der Waals surface area contributed by atoms with Gasteiger partial charge in [-0.05, 0) is 19.8 Å². The van der Waals surface area contributed by atoms with E-state index < -0.39 is 65.0 Å². The van der Waals surface area contributed by atoms with Crippen molar-refractivity contribution in [3.63, 3.8) is 0 Å². The Labute approximate surface area is 165 Å². The van der Waals surface area contributed by atoms with Crippen LogP contribution in [0, 0.1) is 17.8 Å². The topological polar surface area (TPSA) is 146 Å². The molecule has 10 nitrogen and oxygen atoms in total. The minimum Gasteiger partial charge on any atom is -0.735 e. The fourth-order valence-corrected chi connectivity index (χ4v) is 4.91. The standard InChI is InChI=1S/C17H31NO9S/c1-7-8(2)17(27-15(16(19)20)14(7)24-6)26-13-9(3)12(18-28(21,22)23)10(4)25-11(13)5/h7-15,17-18H,1-6H3,(H,19,20)(H,21,22,23)/p-2. The molecule has 28 heavy (non-hydrogen) atoms. The molecule has 0 aromatic heterocycles. The molecule has 0 aromatic carbocycles. The number of carboxylic acids is 1. The molecule has 0 spiro atoms. The van der Waals surface area contributed by atoms with Gasteiger partial charge in [0, 0.05) is 18.9 Å². The lowest BCUT2D eigenvalue weighted by Crippen LogP contribution is -2.62. The highest BCUT2D eigenvalue weighted by Gasteiger charge is 2.47. The van der Waals surface area contributed by atoms with Crippen molar-refractivity contribution in [2.75, 3.05) is 7.11 Å². The summed E-state index contributed by atoms with van der Waals surface area (Å²) in [6, 6.07) is -0.788. The molecule has 0 aliphatic carbocycles. The Morgan fingerprint density at radius 2 is 1.57 bits per heavy atom. The summed E-state index contributed by atoms with van der Waals surface area (Å²) >= 11 is 0. The zero-order chi connectivity index (χ0) is 21.4. The van der Waals surface area contributed by atoms with E-state index in [4.69, 9.17) is 18.9 Å². The lowest BCUT2D eigenvalue weighted by molar-refractivity contribution is -0.350. The maximum atomic E-state index is 11.5. The quantitative estimate of drug-likeness (QED) is 0.531. The Morgan fingerprint density at radius 1 is 0.964 bits per heavy atom. The summed E-state index contributed by atoms with van der Waals surface area (Å²) in [5.74, 6) is -2.23. The molecular weight excluding hydrogens is 394 g/mol. The molecule has 164 valence electrons. The Morgan fingerprint density at radius 3 is 2.07 bits per heavy atom. The van der Waals surface area contributed by atoms with Crippen LogP contribution in [0.15, 0.2) is 0 Å². The average Bonchev–Trinajstić information content (AvgIpc) is 2.57. The summed E-state index contributed by atoms with van der Waals surface area (Å²) in [6.07, 6.45) is -4.46. The van der Waals surface area contributed by atoms with Crippen LogP contribution < -0.4 is 9.83 Å². The van der Waals surface area contributed by atoms with Gasteiger partial charge in [0.2, 0.25) is 0 Å². The van der Waals surface area contributed by atoms with Crippen molar-refractivity contribution >= 4 is 16.3 Å². The summed E-state index contributed by atoms with van der Waals surface area (Å²) in [6.45, 7) is 8.88. The molecule has 2 aliphatic rings. The van der Waals surface area contributed by atoms with Crippen molar-refractivity contribution in [1.82, 2.24) is 4.72 Å². The van der Waals surface area contributed by atoms with E-state index in [1.165, 1.54) is 7.11 Å². The van der Waals surface area contributed by atoms with Crippen molar-refractivity contribution in [3.8, 4) is 0 Å². The van der Waals surface area contributed by atoms with Crippen molar-refractivity contribution < 1.29 is 41.8 Å². The van der Waals surface area contributed by atoms with E-state index in [-0.39, 0.29) is 11.8 Å². The van der Waals surface area contributed by atoms with Crippen molar-refractivity contribution in [1.29, 1.82) is 0 Å². The van der Waals surface area contributed by atoms with E-state index in [0.717, 1.165) is 0 Å². The number of ether oxygens (including phenoxy) is 4. The second-order valence-corrected chi connectivity index (χ2v) is 8.91. The number of carboxylic acid groups (broad SMARTS) is 1. The molecule has 11 heteroatoms. The van der Waals surface area contributed by atoms with E-state index in [1.54, 1.807) is 20.8 Å². The first-order chi connectivity index (χ1) is 12.9. The molecule has 0 radical (unpaired) electrons. The molecule has 10 atom stereocenters.